The summed E-state index contributed by atoms with van der Waals surface area (Å²) in [7, 11) is 0. The summed E-state index contributed by atoms with van der Waals surface area (Å²) in [6.45, 7) is 3.48. The molecule has 1 saturated heterocycles. The van der Waals surface area contributed by atoms with Crippen LogP contribution in [0.25, 0.3) is 0 Å². The summed E-state index contributed by atoms with van der Waals surface area (Å²) in [5.41, 5.74) is 0. The molecule has 1 atom stereocenters. The van der Waals surface area contributed by atoms with Gasteiger partial charge in [0.1, 0.15) is 6.04 Å². The van der Waals surface area contributed by atoms with Crippen LogP contribution in [0.5, 0.6) is 0 Å². The lowest BCUT2D eigenvalue weighted by Gasteiger charge is -2.27. The Balaban J connectivity index is 1.87. The van der Waals surface area contributed by atoms with Gasteiger partial charge in [-0.15, -0.1) is 0 Å². The summed E-state index contributed by atoms with van der Waals surface area (Å²) in [6, 6.07) is -0.290. The summed E-state index contributed by atoms with van der Waals surface area (Å²) in [5, 5.41) is 2.87. The van der Waals surface area contributed by atoms with Crippen molar-refractivity contribution >= 4 is 11.8 Å². The zero-order chi connectivity index (χ0) is 14.4. The first-order chi connectivity index (χ1) is 9.70. The van der Waals surface area contributed by atoms with E-state index in [0.29, 0.717) is 13.0 Å². The van der Waals surface area contributed by atoms with Crippen molar-refractivity contribution in [1.29, 1.82) is 0 Å². The molecule has 0 aromatic carbocycles. The maximum absolute atomic E-state index is 12.5. The largest absolute Gasteiger partial charge is 0.344 e. The van der Waals surface area contributed by atoms with E-state index in [9.17, 15) is 9.59 Å². The van der Waals surface area contributed by atoms with Gasteiger partial charge in [-0.2, -0.15) is 0 Å². The van der Waals surface area contributed by atoms with E-state index in [1.165, 1.54) is 32.1 Å². The Morgan fingerprint density at radius 2 is 1.90 bits per heavy atom. The molecule has 0 spiro atoms. The first-order valence-corrected chi connectivity index (χ1v) is 8.29. The molecule has 0 bridgehead atoms. The number of hydrogen-bond acceptors (Lipinski definition) is 2. The molecule has 0 aromatic rings. The maximum Gasteiger partial charge on any atom is 0.245 e. The van der Waals surface area contributed by atoms with Crippen LogP contribution in [0.1, 0.15) is 64.7 Å². The third kappa shape index (κ3) is 4.22. The number of carbonyl (C=O) groups excluding carboxylic acids is 2. The normalized spacial score (nSPS) is 25.4. The number of amides is 2. The molecule has 1 unspecified atom stereocenters. The third-order valence-electron chi connectivity index (χ3n) is 4.66. The lowest BCUT2D eigenvalue weighted by Crippen LogP contribution is -2.45. The molecule has 1 aliphatic heterocycles. The van der Waals surface area contributed by atoms with Gasteiger partial charge < -0.3 is 10.2 Å². The van der Waals surface area contributed by atoms with E-state index >= 15 is 0 Å². The maximum atomic E-state index is 12.5. The van der Waals surface area contributed by atoms with Crippen LogP contribution in [0.2, 0.25) is 0 Å². The third-order valence-corrected chi connectivity index (χ3v) is 4.66. The zero-order valence-corrected chi connectivity index (χ0v) is 12.7. The minimum absolute atomic E-state index is 0.0250. The van der Waals surface area contributed by atoms with Crippen molar-refractivity contribution in [2.24, 2.45) is 5.92 Å². The van der Waals surface area contributed by atoms with Crippen molar-refractivity contribution in [1.82, 2.24) is 10.2 Å². The van der Waals surface area contributed by atoms with Gasteiger partial charge in [-0.1, -0.05) is 45.4 Å². The van der Waals surface area contributed by atoms with Crippen molar-refractivity contribution in [3.8, 4) is 0 Å². The van der Waals surface area contributed by atoms with Crippen LogP contribution in [0.3, 0.4) is 0 Å². The van der Waals surface area contributed by atoms with Crippen LogP contribution in [0, 0.1) is 5.92 Å². The molecule has 2 fully saturated rings. The fraction of sp³-hybridized carbons (Fsp3) is 0.875. The van der Waals surface area contributed by atoms with Gasteiger partial charge in [0, 0.05) is 19.5 Å². The van der Waals surface area contributed by atoms with Gasteiger partial charge in [0.05, 0.1) is 0 Å². The van der Waals surface area contributed by atoms with E-state index in [1.54, 1.807) is 0 Å². The molecule has 114 valence electrons. The van der Waals surface area contributed by atoms with Crippen LogP contribution in [0.4, 0.5) is 0 Å². The van der Waals surface area contributed by atoms with E-state index in [1.807, 2.05) is 4.90 Å². The first-order valence-electron chi connectivity index (χ1n) is 8.29. The summed E-state index contributed by atoms with van der Waals surface area (Å²) in [5.74, 6) is 0.943. The predicted molar refractivity (Wildman–Crippen MR) is 79.2 cm³/mol. The van der Waals surface area contributed by atoms with E-state index in [0.717, 1.165) is 31.7 Å². The smallest absolute Gasteiger partial charge is 0.245 e. The van der Waals surface area contributed by atoms with Crippen molar-refractivity contribution in [3.63, 3.8) is 0 Å². The molecule has 4 heteroatoms. The standard InChI is InChI=1S/C16H28N2O2/c1-2-6-14-16(20)18(12-10-15(19)17-14)11-9-13-7-4-3-5-8-13/h13-14H,2-12H2,1H3,(H,17,19). The average Bonchev–Trinajstić information content (AvgIpc) is 2.59. The highest BCUT2D eigenvalue weighted by Gasteiger charge is 2.29. The number of rotatable bonds is 5. The molecule has 2 amide bonds. The van der Waals surface area contributed by atoms with Crippen LogP contribution in [0.15, 0.2) is 0 Å². The number of nitrogens with zero attached hydrogens (tertiary/aromatic N) is 1. The van der Waals surface area contributed by atoms with Crippen LogP contribution >= 0.6 is 0 Å². The van der Waals surface area contributed by atoms with Crippen molar-refractivity contribution in [3.05, 3.63) is 0 Å². The minimum Gasteiger partial charge on any atom is -0.344 e. The highest BCUT2D eigenvalue weighted by Crippen LogP contribution is 2.26. The number of carbonyl (C=O) groups is 2. The van der Waals surface area contributed by atoms with Gasteiger partial charge in [0.25, 0.3) is 0 Å². The summed E-state index contributed by atoms with van der Waals surface area (Å²) in [4.78, 5) is 26.1. The molecule has 0 aromatic heterocycles. The Bertz CT molecular complexity index is 337. The van der Waals surface area contributed by atoms with Gasteiger partial charge in [0.15, 0.2) is 0 Å². The Morgan fingerprint density at radius 1 is 1.15 bits per heavy atom. The Hall–Kier alpha value is -1.06. The van der Waals surface area contributed by atoms with E-state index in [-0.39, 0.29) is 17.9 Å². The van der Waals surface area contributed by atoms with E-state index < -0.39 is 0 Å². The Kier molecular flexibility index (Phi) is 5.86. The Morgan fingerprint density at radius 3 is 2.60 bits per heavy atom. The van der Waals surface area contributed by atoms with Gasteiger partial charge in [-0.05, 0) is 18.8 Å². The first kappa shape index (κ1) is 15.3. The second-order valence-electron chi connectivity index (χ2n) is 6.28. The molecule has 2 rings (SSSR count). The quantitative estimate of drug-likeness (QED) is 0.841. The molecule has 1 heterocycles. The molecular formula is C16H28N2O2. The van der Waals surface area contributed by atoms with Gasteiger partial charge >= 0.3 is 0 Å². The van der Waals surface area contributed by atoms with E-state index in [4.69, 9.17) is 0 Å². The lowest BCUT2D eigenvalue weighted by molar-refractivity contribution is -0.133. The molecule has 1 aliphatic carbocycles. The fourth-order valence-electron chi connectivity index (χ4n) is 3.42. The summed E-state index contributed by atoms with van der Waals surface area (Å²) < 4.78 is 0. The molecule has 2 aliphatic rings. The highest BCUT2D eigenvalue weighted by molar-refractivity contribution is 5.89. The molecule has 1 saturated carbocycles. The summed E-state index contributed by atoms with van der Waals surface area (Å²) in [6.07, 6.45) is 9.94. The average molecular weight is 280 g/mol. The minimum atomic E-state index is -0.290. The topological polar surface area (TPSA) is 49.4 Å². The van der Waals surface area contributed by atoms with Gasteiger partial charge in [-0.25, -0.2) is 0 Å². The highest BCUT2D eigenvalue weighted by atomic mass is 16.2. The molecule has 20 heavy (non-hydrogen) atoms. The summed E-state index contributed by atoms with van der Waals surface area (Å²) >= 11 is 0. The monoisotopic (exact) mass is 280 g/mol. The van der Waals surface area contributed by atoms with Crippen LogP contribution in [-0.2, 0) is 9.59 Å². The SMILES string of the molecule is CCCC1NC(=O)CCN(CCC2CCCCC2)C1=O. The lowest BCUT2D eigenvalue weighted by atomic mass is 9.87. The second-order valence-corrected chi connectivity index (χ2v) is 6.28. The predicted octanol–water partition coefficient (Wildman–Crippen LogP) is 2.47. The number of nitrogens with one attached hydrogen (secondary N) is 1. The van der Waals surface area contributed by atoms with Crippen LogP contribution in [-0.4, -0.2) is 35.8 Å². The van der Waals surface area contributed by atoms with E-state index in [2.05, 4.69) is 12.2 Å². The fourth-order valence-corrected chi connectivity index (χ4v) is 3.42. The second kappa shape index (κ2) is 7.65. The molecule has 4 nitrogen and oxygen atoms in total. The van der Waals surface area contributed by atoms with Crippen molar-refractivity contribution < 1.29 is 9.59 Å². The van der Waals surface area contributed by atoms with Crippen LogP contribution < -0.4 is 5.32 Å². The number of hydrogen-bond donors (Lipinski definition) is 1. The van der Waals surface area contributed by atoms with Gasteiger partial charge in [0.2, 0.25) is 11.8 Å². The van der Waals surface area contributed by atoms with Crippen molar-refractivity contribution in [2.45, 2.75) is 70.8 Å². The molecular weight excluding hydrogens is 252 g/mol. The zero-order valence-electron chi connectivity index (χ0n) is 12.7. The molecule has 0 radical (unpaired) electrons. The van der Waals surface area contributed by atoms with Gasteiger partial charge in [-0.3, -0.25) is 9.59 Å². The van der Waals surface area contributed by atoms with Crippen molar-refractivity contribution in [2.75, 3.05) is 13.1 Å². The Labute approximate surface area is 122 Å². The molecule has 1 N–H and O–H groups in total.